The van der Waals surface area contributed by atoms with E-state index in [9.17, 15) is 4.79 Å². The molecule has 21 heavy (non-hydrogen) atoms. The number of halogens is 2. The number of hydrogen-bond donors (Lipinski definition) is 1. The monoisotopic (exact) mass is 338 g/mol. The fraction of sp³-hybridized carbons (Fsp3) is 0.692. The quantitative estimate of drug-likeness (QED) is 0.890. The van der Waals surface area contributed by atoms with Crippen LogP contribution >= 0.6 is 24.8 Å². The first-order valence-electron chi connectivity index (χ1n) is 6.73. The number of aryl methyl sites for hydroxylation is 2. The van der Waals surface area contributed by atoms with Gasteiger partial charge < -0.3 is 15.1 Å². The van der Waals surface area contributed by atoms with Crippen molar-refractivity contribution in [1.82, 2.24) is 14.8 Å². The average molecular weight is 339 g/mol. The van der Waals surface area contributed by atoms with Crippen molar-refractivity contribution >= 4 is 30.7 Å². The minimum Gasteiger partial charge on any atom is -0.444 e. The lowest BCUT2D eigenvalue weighted by atomic mass is 10.2. The molecule has 0 spiro atoms. The summed E-state index contributed by atoms with van der Waals surface area (Å²) in [7, 11) is 0. The van der Waals surface area contributed by atoms with Crippen molar-refractivity contribution in [2.75, 3.05) is 32.7 Å². The minimum absolute atomic E-state index is 0. The molecule has 1 saturated heterocycles. The normalized spacial score (nSPS) is 15.3. The van der Waals surface area contributed by atoms with Gasteiger partial charge in [0, 0.05) is 39.1 Å². The smallest absolute Gasteiger partial charge is 0.223 e. The van der Waals surface area contributed by atoms with Crippen LogP contribution in [0.15, 0.2) is 4.42 Å². The fourth-order valence-corrected chi connectivity index (χ4v) is 2.24. The van der Waals surface area contributed by atoms with Crippen LogP contribution in [0.2, 0.25) is 0 Å². The molecule has 1 fully saturated rings. The number of nitrogens with two attached hydrogens (primary N) is 1. The highest BCUT2D eigenvalue weighted by molar-refractivity contribution is 5.85. The highest BCUT2D eigenvalue weighted by atomic mass is 35.5. The molecule has 0 atom stereocenters. The molecular formula is C13H24Cl2N4O2. The second-order valence-electron chi connectivity index (χ2n) is 4.94. The standard InChI is InChI=1S/C13H22N4O2.2ClH/c1-10-11(2)19-12(15-10)9-16-5-7-17(8-6-16)13(18)3-4-14;;/h3-9,14H2,1-2H3;2*1H. The van der Waals surface area contributed by atoms with Crippen LogP contribution in [0, 0.1) is 13.8 Å². The van der Waals surface area contributed by atoms with E-state index < -0.39 is 0 Å². The zero-order chi connectivity index (χ0) is 13.8. The fourth-order valence-electron chi connectivity index (χ4n) is 2.24. The van der Waals surface area contributed by atoms with E-state index in [1.54, 1.807) is 0 Å². The Bertz CT molecular complexity index is 426. The molecular weight excluding hydrogens is 315 g/mol. The second-order valence-corrected chi connectivity index (χ2v) is 4.94. The summed E-state index contributed by atoms with van der Waals surface area (Å²) < 4.78 is 5.58. The SMILES string of the molecule is Cc1nc(CN2CCN(C(=O)CCN)CC2)oc1C.Cl.Cl. The molecule has 122 valence electrons. The molecule has 1 aromatic heterocycles. The lowest BCUT2D eigenvalue weighted by molar-refractivity contribution is -0.132. The van der Waals surface area contributed by atoms with Gasteiger partial charge in [0.15, 0.2) is 0 Å². The zero-order valence-corrected chi connectivity index (χ0v) is 14.1. The highest BCUT2D eigenvalue weighted by Gasteiger charge is 2.21. The van der Waals surface area contributed by atoms with E-state index in [0.29, 0.717) is 19.5 Å². The van der Waals surface area contributed by atoms with Crippen molar-refractivity contribution in [3.63, 3.8) is 0 Å². The number of rotatable bonds is 4. The van der Waals surface area contributed by atoms with Gasteiger partial charge in [0.2, 0.25) is 11.8 Å². The van der Waals surface area contributed by atoms with Gasteiger partial charge in [-0.05, 0) is 13.8 Å². The number of nitrogens with zero attached hydrogens (tertiary/aromatic N) is 3. The van der Waals surface area contributed by atoms with Gasteiger partial charge >= 0.3 is 0 Å². The second kappa shape index (κ2) is 9.25. The van der Waals surface area contributed by atoms with Crippen LogP contribution in [0.5, 0.6) is 0 Å². The van der Waals surface area contributed by atoms with Gasteiger partial charge in [-0.1, -0.05) is 0 Å². The third-order valence-electron chi connectivity index (χ3n) is 3.51. The zero-order valence-electron chi connectivity index (χ0n) is 12.5. The Labute approximate surface area is 137 Å². The van der Waals surface area contributed by atoms with Crippen molar-refractivity contribution in [3.8, 4) is 0 Å². The molecule has 1 amide bonds. The summed E-state index contributed by atoms with van der Waals surface area (Å²) in [5.41, 5.74) is 6.35. The lowest BCUT2D eigenvalue weighted by Crippen LogP contribution is -2.48. The molecule has 1 aliphatic heterocycles. The van der Waals surface area contributed by atoms with Crippen LogP contribution in [-0.4, -0.2) is 53.4 Å². The summed E-state index contributed by atoms with van der Waals surface area (Å²) in [5, 5.41) is 0. The number of carbonyl (C=O) groups excluding carboxylic acids is 1. The molecule has 6 nitrogen and oxygen atoms in total. The van der Waals surface area contributed by atoms with E-state index in [1.165, 1.54) is 0 Å². The van der Waals surface area contributed by atoms with Gasteiger partial charge in [0.25, 0.3) is 0 Å². The average Bonchev–Trinajstić information content (AvgIpc) is 2.69. The molecule has 0 unspecified atom stereocenters. The maximum absolute atomic E-state index is 11.7. The number of hydrogen-bond acceptors (Lipinski definition) is 5. The molecule has 2 N–H and O–H groups in total. The van der Waals surface area contributed by atoms with Gasteiger partial charge in [-0.2, -0.15) is 0 Å². The maximum Gasteiger partial charge on any atom is 0.223 e. The maximum atomic E-state index is 11.7. The molecule has 0 radical (unpaired) electrons. The van der Waals surface area contributed by atoms with Crippen molar-refractivity contribution in [2.45, 2.75) is 26.8 Å². The first kappa shape index (κ1) is 20.2. The Kier molecular flexibility index (Phi) is 8.89. The van der Waals surface area contributed by atoms with Crippen LogP contribution in [0.1, 0.15) is 23.8 Å². The molecule has 2 heterocycles. The van der Waals surface area contributed by atoms with E-state index in [4.69, 9.17) is 10.2 Å². The van der Waals surface area contributed by atoms with E-state index in [0.717, 1.165) is 43.5 Å². The van der Waals surface area contributed by atoms with E-state index in [-0.39, 0.29) is 30.7 Å². The Morgan fingerprint density at radius 3 is 2.33 bits per heavy atom. The summed E-state index contributed by atoms with van der Waals surface area (Å²) >= 11 is 0. The van der Waals surface area contributed by atoms with Gasteiger partial charge in [-0.3, -0.25) is 9.69 Å². The predicted octanol–water partition coefficient (Wildman–Crippen LogP) is 1.13. The van der Waals surface area contributed by atoms with E-state index >= 15 is 0 Å². The summed E-state index contributed by atoms with van der Waals surface area (Å²) in [6.07, 6.45) is 0.443. The molecule has 0 aromatic carbocycles. The van der Waals surface area contributed by atoms with E-state index in [2.05, 4.69) is 9.88 Å². The van der Waals surface area contributed by atoms with Crippen molar-refractivity contribution in [1.29, 1.82) is 0 Å². The van der Waals surface area contributed by atoms with Gasteiger partial charge in [0.05, 0.1) is 12.2 Å². The van der Waals surface area contributed by atoms with Crippen LogP contribution in [0.4, 0.5) is 0 Å². The number of aromatic nitrogens is 1. The topological polar surface area (TPSA) is 75.6 Å². The van der Waals surface area contributed by atoms with Gasteiger partial charge in [-0.15, -0.1) is 24.8 Å². The molecule has 2 rings (SSSR count). The number of amides is 1. The summed E-state index contributed by atoms with van der Waals surface area (Å²) in [4.78, 5) is 20.2. The first-order valence-corrected chi connectivity index (χ1v) is 6.73. The summed E-state index contributed by atoms with van der Waals surface area (Å²) in [5.74, 6) is 1.80. The Morgan fingerprint density at radius 1 is 1.24 bits per heavy atom. The van der Waals surface area contributed by atoms with Crippen LogP contribution in [0.25, 0.3) is 0 Å². The molecule has 0 bridgehead atoms. The molecule has 1 aromatic rings. The number of piperazine rings is 1. The molecule has 0 saturated carbocycles. The summed E-state index contributed by atoms with van der Waals surface area (Å²) in [6.45, 7) is 8.26. The van der Waals surface area contributed by atoms with Crippen molar-refractivity contribution < 1.29 is 9.21 Å². The molecule has 1 aliphatic rings. The van der Waals surface area contributed by atoms with Gasteiger partial charge in [0.1, 0.15) is 5.76 Å². The van der Waals surface area contributed by atoms with Gasteiger partial charge in [-0.25, -0.2) is 4.98 Å². The molecule has 8 heteroatoms. The minimum atomic E-state index is 0. The third-order valence-corrected chi connectivity index (χ3v) is 3.51. The first-order chi connectivity index (χ1) is 9.10. The molecule has 0 aliphatic carbocycles. The Hall–Kier alpha value is -0.820. The van der Waals surface area contributed by atoms with Crippen molar-refractivity contribution in [2.24, 2.45) is 5.73 Å². The van der Waals surface area contributed by atoms with E-state index in [1.807, 2.05) is 18.7 Å². The van der Waals surface area contributed by atoms with Crippen LogP contribution in [0.3, 0.4) is 0 Å². The summed E-state index contributed by atoms with van der Waals surface area (Å²) in [6, 6.07) is 0. The van der Waals surface area contributed by atoms with Crippen LogP contribution in [-0.2, 0) is 11.3 Å². The Morgan fingerprint density at radius 2 is 1.86 bits per heavy atom. The number of oxazole rings is 1. The van der Waals surface area contributed by atoms with Crippen molar-refractivity contribution in [3.05, 3.63) is 17.3 Å². The third kappa shape index (κ3) is 5.47. The lowest BCUT2D eigenvalue weighted by Gasteiger charge is -2.34. The largest absolute Gasteiger partial charge is 0.444 e. The highest BCUT2D eigenvalue weighted by Crippen LogP contribution is 2.12. The predicted molar refractivity (Wildman–Crippen MR) is 86.0 cm³/mol. The number of carbonyl (C=O) groups is 1. The van der Waals surface area contributed by atoms with Crippen LogP contribution < -0.4 is 5.73 Å². The Balaban J connectivity index is 0.00000200.